The molecule has 4 N–H and O–H groups in total. The molecule has 1 aliphatic carbocycles. The summed E-state index contributed by atoms with van der Waals surface area (Å²) in [6, 6.07) is 9.49. The summed E-state index contributed by atoms with van der Waals surface area (Å²) in [5, 5.41) is 15.8. The second-order valence-electron chi connectivity index (χ2n) is 9.71. The summed E-state index contributed by atoms with van der Waals surface area (Å²) in [5.74, 6) is 1.88. The molecule has 1 aromatic carbocycles. The molecule has 11 nitrogen and oxygen atoms in total. The van der Waals surface area contributed by atoms with Gasteiger partial charge in [-0.25, -0.2) is 9.78 Å². The molecular formula is C26H30N6O5. The molecule has 2 aromatic rings. The number of hydrogen-bond donors (Lipinski definition) is 3. The van der Waals surface area contributed by atoms with Crippen molar-refractivity contribution in [2.24, 2.45) is 11.7 Å². The summed E-state index contributed by atoms with van der Waals surface area (Å²) < 4.78 is 16.6. The maximum absolute atomic E-state index is 12.4. The van der Waals surface area contributed by atoms with Crippen molar-refractivity contribution in [3.8, 4) is 17.6 Å². The molecular weight excluding hydrogens is 476 g/mol. The molecule has 2 aliphatic heterocycles. The molecule has 3 unspecified atom stereocenters. The number of nitrogens with two attached hydrogens (primary N) is 1. The fourth-order valence-corrected chi connectivity index (χ4v) is 4.91. The number of nitrogens with one attached hydrogen (secondary N) is 2. The van der Waals surface area contributed by atoms with Gasteiger partial charge in [0.1, 0.15) is 30.3 Å². The first kappa shape index (κ1) is 24.8. The van der Waals surface area contributed by atoms with Gasteiger partial charge in [-0.05, 0) is 74.5 Å². The monoisotopic (exact) mass is 506 g/mol. The molecule has 5 rings (SSSR count). The van der Waals surface area contributed by atoms with Gasteiger partial charge >= 0.3 is 6.09 Å². The van der Waals surface area contributed by atoms with Gasteiger partial charge in [-0.1, -0.05) is 6.07 Å². The van der Waals surface area contributed by atoms with E-state index >= 15 is 0 Å². The average Bonchev–Trinajstić information content (AvgIpc) is 3.47. The van der Waals surface area contributed by atoms with Crippen molar-refractivity contribution in [2.75, 3.05) is 43.1 Å². The zero-order valence-corrected chi connectivity index (χ0v) is 20.7. The molecule has 194 valence electrons. The lowest BCUT2D eigenvalue weighted by Crippen LogP contribution is -2.30. The molecule has 1 aromatic heterocycles. The van der Waals surface area contributed by atoms with E-state index in [1.54, 1.807) is 12.1 Å². The molecule has 1 fully saturated rings. The van der Waals surface area contributed by atoms with E-state index in [9.17, 15) is 14.9 Å². The minimum absolute atomic E-state index is 0.0507. The maximum atomic E-state index is 12.4. The Morgan fingerprint density at radius 1 is 1.32 bits per heavy atom. The second kappa shape index (κ2) is 10.6. The van der Waals surface area contributed by atoms with Gasteiger partial charge in [-0.3, -0.25) is 9.69 Å². The fraction of sp³-hybridized carbons (Fsp3) is 0.462. The topological polar surface area (TPSA) is 152 Å². The minimum Gasteiger partial charge on any atom is -0.491 e. The Labute approximate surface area is 214 Å². The molecule has 3 heterocycles. The van der Waals surface area contributed by atoms with Crippen molar-refractivity contribution in [3.63, 3.8) is 0 Å². The SMILES string of the molecule is CC(N)COc1ccc2c(c1C#N)CC(CNCCC1CN(c3ccc4c(n3)NC(=O)CO4)C(=O)O1)C2. The van der Waals surface area contributed by atoms with Gasteiger partial charge in [0.25, 0.3) is 5.91 Å². The molecule has 3 aliphatic rings. The van der Waals surface area contributed by atoms with Crippen LogP contribution in [0.5, 0.6) is 11.5 Å². The van der Waals surface area contributed by atoms with Gasteiger partial charge in [0, 0.05) is 6.04 Å². The van der Waals surface area contributed by atoms with Crippen LogP contribution >= 0.6 is 0 Å². The van der Waals surface area contributed by atoms with Crippen molar-refractivity contribution >= 4 is 23.6 Å². The molecule has 2 amide bonds. The van der Waals surface area contributed by atoms with Crippen LogP contribution in [0.25, 0.3) is 0 Å². The van der Waals surface area contributed by atoms with Crippen LogP contribution in [0.1, 0.15) is 30.0 Å². The molecule has 37 heavy (non-hydrogen) atoms. The number of amides is 2. The van der Waals surface area contributed by atoms with E-state index in [4.69, 9.17) is 19.9 Å². The Hall–Kier alpha value is -3.88. The summed E-state index contributed by atoms with van der Waals surface area (Å²) in [6.45, 7) is 4.05. The predicted molar refractivity (Wildman–Crippen MR) is 135 cm³/mol. The Balaban J connectivity index is 1.10. The van der Waals surface area contributed by atoms with Crippen LogP contribution in [0.4, 0.5) is 16.4 Å². The molecule has 3 atom stereocenters. The first-order valence-electron chi connectivity index (χ1n) is 12.5. The van der Waals surface area contributed by atoms with E-state index in [-0.39, 0.29) is 24.7 Å². The van der Waals surface area contributed by atoms with Crippen molar-refractivity contribution in [3.05, 3.63) is 41.0 Å². The third-order valence-electron chi connectivity index (χ3n) is 6.67. The van der Waals surface area contributed by atoms with Crippen LogP contribution in [0.3, 0.4) is 0 Å². The first-order chi connectivity index (χ1) is 17.9. The number of carbonyl (C=O) groups excluding carboxylic acids is 2. The quantitative estimate of drug-likeness (QED) is 0.432. The van der Waals surface area contributed by atoms with Crippen molar-refractivity contribution in [1.29, 1.82) is 5.26 Å². The Morgan fingerprint density at radius 3 is 3.00 bits per heavy atom. The minimum atomic E-state index is -0.460. The number of aromatic nitrogens is 1. The average molecular weight is 507 g/mol. The molecule has 0 radical (unpaired) electrons. The van der Waals surface area contributed by atoms with Gasteiger partial charge in [-0.2, -0.15) is 5.26 Å². The molecule has 0 bridgehead atoms. The van der Waals surface area contributed by atoms with Gasteiger partial charge in [0.15, 0.2) is 18.2 Å². The summed E-state index contributed by atoms with van der Waals surface area (Å²) in [5.41, 5.74) is 8.65. The van der Waals surface area contributed by atoms with E-state index < -0.39 is 6.09 Å². The molecule has 1 saturated heterocycles. The molecule has 11 heteroatoms. The Bertz CT molecular complexity index is 1240. The highest BCUT2D eigenvalue weighted by atomic mass is 16.6. The number of nitriles is 1. The van der Waals surface area contributed by atoms with E-state index in [1.165, 1.54) is 10.5 Å². The summed E-state index contributed by atoms with van der Waals surface area (Å²) in [4.78, 5) is 29.8. The highest BCUT2D eigenvalue weighted by Crippen LogP contribution is 2.34. The lowest BCUT2D eigenvalue weighted by atomic mass is 10.0. The number of cyclic esters (lactones) is 1. The standard InChI is InChI=1S/C26H30N6O5/c1-15(28)13-35-21-3-2-17-8-16(9-19(17)20(21)10-27)11-29-7-6-18-12-32(26(34)37-18)23-5-4-22-25(30-23)31-24(33)14-36-22/h2-5,15-16,18,29H,6-9,11-14,28H2,1H3,(H,30,31,33). The number of ether oxygens (including phenoxy) is 3. The number of carbonyl (C=O) groups is 2. The number of hydrogen-bond acceptors (Lipinski definition) is 9. The second-order valence-corrected chi connectivity index (χ2v) is 9.71. The van der Waals surface area contributed by atoms with Gasteiger partial charge in [-0.15, -0.1) is 0 Å². The zero-order valence-electron chi connectivity index (χ0n) is 20.7. The third kappa shape index (κ3) is 5.45. The Kier molecular flexibility index (Phi) is 7.12. The fourth-order valence-electron chi connectivity index (χ4n) is 4.91. The number of rotatable bonds is 9. The van der Waals surface area contributed by atoms with Gasteiger partial charge < -0.3 is 30.6 Å². The normalized spacial score (nSPS) is 20.8. The van der Waals surface area contributed by atoms with Crippen LogP contribution in [-0.2, 0) is 22.4 Å². The lowest BCUT2D eigenvalue weighted by Gasteiger charge is -2.19. The summed E-state index contributed by atoms with van der Waals surface area (Å²) in [7, 11) is 0. The van der Waals surface area contributed by atoms with Crippen LogP contribution in [0, 0.1) is 17.2 Å². The lowest BCUT2D eigenvalue weighted by molar-refractivity contribution is -0.118. The number of pyridine rings is 1. The smallest absolute Gasteiger partial charge is 0.415 e. The van der Waals surface area contributed by atoms with E-state index in [0.717, 1.165) is 24.9 Å². The first-order valence-corrected chi connectivity index (χ1v) is 12.5. The number of fused-ring (bicyclic) bond motifs is 2. The van der Waals surface area contributed by atoms with Crippen LogP contribution < -0.4 is 30.7 Å². The summed E-state index contributed by atoms with van der Waals surface area (Å²) >= 11 is 0. The predicted octanol–water partition coefficient (Wildman–Crippen LogP) is 1.73. The highest BCUT2D eigenvalue weighted by Gasteiger charge is 2.34. The zero-order chi connectivity index (χ0) is 25.9. The molecule has 0 spiro atoms. The van der Waals surface area contributed by atoms with Crippen molar-refractivity contribution in [1.82, 2.24) is 10.3 Å². The third-order valence-corrected chi connectivity index (χ3v) is 6.67. The molecule has 0 saturated carbocycles. The maximum Gasteiger partial charge on any atom is 0.415 e. The van der Waals surface area contributed by atoms with E-state index in [0.29, 0.717) is 60.7 Å². The van der Waals surface area contributed by atoms with Crippen molar-refractivity contribution < 1.29 is 23.8 Å². The number of nitrogens with zero attached hydrogens (tertiary/aromatic N) is 3. The van der Waals surface area contributed by atoms with Crippen LogP contribution in [-0.4, -0.2) is 62.0 Å². The van der Waals surface area contributed by atoms with Gasteiger partial charge in [0.2, 0.25) is 0 Å². The van der Waals surface area contributed by atoms with Crippen LogP contribution in [0.15, 0.2) is 24.3 Å². The van der Waals surface area contributed by atoms with Crippen molar-refractivity contribution in [2.45, 2.75) is 38.3 Å². The van der Waals surface area contributed by atoms with Crippen LogP contribution in [0.2, 0.25) is 0 Å². The Morgan fingerprint density at radius 2 is 2.19 bits per heavy atom. The van der Waals surface area contributed by atoms with Gasteiger partial charge in [0.05, 0.1) is 12.1 Å². The van der Waals surface area contributed by atoms with E-state index in [1.807, 2.05) is 19.1 Å². The number of benzene rings is 1. The summed E-state index contributed by atoms with van der Waals surface area (Å²) in [6.07, 6.45) is 1.65. The highest BCUT2D eigenvalue weighted by molar-refractivity contribution is 5.95. The van der Waals surface area contributed by atoms with E-state index in [2.05, 4.69) is 21.7 Å². The largest absolute Gasteiger partial charge is 0.491 e. The number of anilines is 2.